The van der Waals surface area contributed by atoms with E-state index in [1.54, 1.807) is 0 Å². The lowest BCUT2D eigenvalue weighted by molar-refractivity contribution is -0.182. The number of anilines is 2. The summed E-state index contributed by atoms with van der Waals surface area (Å²) in [5, 5.41) is 0.708. The fraction of sp³-hybridized carbons (Fsp3) is 0.167. The summed E-state index contributed by atoms with van der Waals surface area (Å²) >= 11 is 11.9. The van der Waals surface area contributed by atoms with Crippen molar-refractivity contribution in [3.8, 4) is 0 Å². The van der Waals surface area contributed by atoms with E-state index >= 15 is 0 Å². The molecule has 0 radical (unpaired) electrons. The molecule has 0 bridgehead atoms. The van der Waals surface area contributed by atoms with Crippen molar-refractivity contribution in [2.24, 2.45) is 0 Å². The van der Waals surface area contributed by atoms with Gasteiger partial charge in [0.25, 0.3) is 0 Å². The number of hydrogen-bond acceptors (Lipinski definition) is 1. The van der Waals surface area contributed by atoms with Crippen molar-refractivity contribution >= 4 is 46.3 Å². The molecule has 0 N–H and O–H groups in total. The zero-order chi connectivity index (χ0) is 24.0. The van der Waals surface area contributed by atoms with Gasteiger partial charge in [0.1, 0.15) is 0 Å². The highest BCUT2D eigenvalue weighted by Crippen LogP contribution is 2.55. The Morgan fingerprint density at radius 2 is 1.48 bits per heavy atom. The molecule has 9 heteroatoms. The molecule has 33 heavy (non-hydrogen) atoms. The second-order valence-electron chi connectivity index (χ2n) is 7.70. The molecule has 1 fully saturated rings. The zero-order valence-electron chi connectivity index (χ0n) is 17.1. The van der Waals surface area contributed by atoms with E-state index in [2.05, 4.69) is 4.85 Å². The van der Waals surface area contributed by atoms with Crippen molar-refractivity contribution in [2.75, 3.05) is 9.80 Å². The van der Waals surface area contributed by atoms with Gasteiger partial charge in [0.15, 0.2) is 11.2 Å². The summed E-state index contributed by atoms with van der Waals surface area (Å²) in [4.78, 5) is 18.9. The molecule has 1 aliphatic heterocycles. The number of halogens is 5. The summed E-state index contributed by atoms with van der Waals surface area (Å²) < 4.78 is 44.6. The van der Waals surface area contributed by atoms with Crippen LogP contribution in [-0.2, 0) is 0 Å². The third-order valence-corrected chi connectivity index (χ3v) is 6.24. The van der Waals surface area contributed by atoms with Gasteiger partial charge in [-0.3, -0.25) is 9.80 Å². The maximum atomic E-state index is 14.9. The number of alkyl halides is 3. The van der Waals surface area contributed by atoms with Gasteiger partial charge in [-0.15, -0.1) is 0 Å². The van der Waals surface area contributed by atoms with Crippen molar-refractivity contribution < 1.29 is 18.0 Å². The summed E-state index contributed by atoms with van der Waals surface area (Å²) in [7, 11) is 0. The minimum atomic E-state index is -4.83. The van der Waals surface area contributed by atoms with Crippen molar-refractivity contribution in [1.82, 2.24) is 0 Å². The highest BCUT2D eigenvalue weighted by Gasteiger charge is 2.69. The molecule has 3 aromatic carbocycles. The van der Waals surface area contributed by atoms with E-state index in [1.165, 1.54) is 72.8 Å². The third kappa shape index (κ3) is 3.79. The van der Waals surface area contributed by atoms with Gasteiger partial charge in [-0.05, 0) is 61.0 Å². The van der Waals surface area contributed by atoms with Crippen LogP contribution in [0.3, 0.4) is 0 Å². The SMILES string of the molecule is [C-]#[N+]c1cccc([C@@H]2N(c3ccc(Cl)cc3)C(=O)N(c3ccc(Cl)cc3)[C@]2(C)C(F)(F)F)c1. The number of nitrogens with zero attached hydrogens (tertiary/aromatic N) is 3. The number of amides is 2. The average Bonchev–Trinajstić information content (AvgIpc) is 3.03. The second kappa shape index (κ2) is 8.29. The van der Waals surface area contributed by atoms with E-state index in [0.29, 0.717) is 10.0 Å². The molecule has 1 saturated heterocycles. The summed E-state index contributed by atoms with van der Waals surface area (Å²) in [6.07, 6.45) is -4.83. The van der Waals surface area contributed by atoms with E-state index in [4.69, 9.17) is 29.8 Å². The lowest BCUT2D eigenvalue weighted by Gasteiger charge is -2.40. The molecule has 0 unspecified atom stereocenters. The molecule has 2 atom stereocenters. The molecule has 0 aromatic heterocycles. The predicted molar refractivity (Wildman–Crippen MR) is 123 cm³/mol. The number of hydrogen-bond donors (Lipinski definition) is 0. The number of rotatable bonds is 3. The van der Waals surface area contributed by atoms with Gasteiger partial charge in [0.2, 0.25) is 0 Å². The summed E-state index contributed by atoms with van der Waals surface area (Å²) in [6.45, 7) is 8.28. The summed E-state index contributed by atoms with van der Waals surface area (Å²) in [5.41, 5.74) is -2.02. The van der Waals surface area contributed by atoms with Gasteiger partial charge in [0, 0.05) is 21.4 Å². The maximum Gasteiger partial charge on any atom is 0.414 e. The Labute approximate surface area is 198 Å². The van der Waals surface area contributed by atoms with E-state index in [0.717, 1.165) is 16.7 Å². The van der Waals surface area contributed by atoms with Crippen LogP contribution in [0.1, 0.15) is 18.5 Å². The first-order valence-electron chi connectivity index (χ1n) is 9.76. The van der Waals surface area contributed by atoms with Gasteiger partial charge < -0.3 is 0 Å². The number of urea groups is 1. The van der Waals surface area contributed by atoms with Crippen LogP contribution in [0.2, 0.25) is 10.0 Å². The van der Waals surface area contributed by atoms with Crippen molar-refractivity contribution in [1.29, 1.82) is 0 Å². The van der Waals surface area contributed by atoms with Gasteiger partial charge in [-0.1, -0.05) is 47.5 Å². The Bertz CT molecular complexity index is 1240. The summed E-state index contributed by atoms with van der Waals surface area (Å²) in [6, 6.07) is 15.2. The normalized spacial score (nSPS) is 20.8. The lowest BCUT2D eigenvalue weighted by atomic mass is 9.85. The van der Waals surface area contributed by atoms with Gasteiger partial charge >= 0.3 is 12.2 Å². The minimum absolute atomic E-state index is 0.0482. The maximum absolute atomic E-state index is 14.9. The number of benzene rings is 3. The van der Waals surface area contributed by atoms with Crippen LogP contribution in [-0.4, -0.2) is 17.7 Å². The molecular formula is C24H16Cl2F3N3O. The molecule has 3 aromatic rings. The fourth-order valence-electron chi connectivity index (χ4n) is 4.14. The standard InChI is InChI=1S/C24H16Cl2F3N3O/c1-23(24(27,28)29)21(15-4-3-5-18(14-15)30-2)31(19-10-6-16(25)7-11-19)22(33)32(23)20-12-8-17(26)9-13-20/h3-14,21H,1H3/t21-,23-/m0/s1. The molecule has 2 amide bonds. The Morgan fingerprint density at radius 1 is 0.939 bits per heavy atom. The first kappa shape index (κ1) is 23.0. The van der Waals surface area contributed by atoms with Crippen molar-refractivity contribution in [3.05, 3.63) is 99.8 Å². The smallest absolute Gasteiger partial charge is 0.284 e. The Kier molecular flexibility index (Phi) is 5.77. The molecule has 4 nitrogen and oxygen atoms in total. The molecule has 0 aliphatic carbocycles. The van der Waals surface area contributed by atoms with Crippen LogP contribution in [0.25, 0.3) is 4.85 Å². The van der Waals surface area contributed by atoms with Crippen LogP contribution in [0.5, 0.6) is 0 Å². The van der Waals surface area contributed by atoms with E-state index in [1.807, 2.05) is 0 Å². The quantitative estimate of drug-likeness (QED) is 0.342. The predicted octanol–water partition coefficient (Wildman–Crippen LogP) is 8.05. The van der Waals surface area contributed by atoms with Crippen molar-refractivity contribution in [2.45, 2.75) is 24.7 Å². The molecule has 168 valence electrons. The average molecular weight is 490 g/mol. The Balaban J connectivity index is 2.02. The van der Waals surface area contributed by atoms with Gasteiger partial charge in [0.05, 0.1) is 12.6 Å². The zero-order valence-corrected chi connectivity index (χ0v) is 18.7. The molecule has 0 spiro atoms. The van der Waals surface area contributed by atoms with Gasteiger partial charge in [-0.25, -0.2) is 9.64 Å². The van der Waals surface area contributed by atoms with Gasteiger partial charge in [-0.2, -0.15) is 13.2 Å². The number of carbonyl (C=O) groups excluding carboxylic acids is 1. The van der Waals surface area contributed by atoms with Crippen LogP contribution >= 0.6 is 23.2 Å². The Hall–Kier alpha value is -3.21. The lowest BCUT2D eigenvalue weighted by Crippen LogP contribution is -2.57. The third-order valence-electron chi connectivity index (χ3n) is 5.73. The van der Waals surface area contributed by atoms with E-state index in [9.17, 15) is 18.0 Å². The molecule has 0 saturated carbocycles. The molecule has 4 rings (SSSR count). The fourth-order valence-corrected chi connectivity index (χ4v) is 4.39. The van der Waals surface area contributed by atoms with Crippen LogP contribution in [0.15, 0.2) is 72.8 Å². The van der Waals surface area contributed by atoms with Crippen LogP contribution in [0, 0.1) is 6.57 Å². The van der Waals surface area contributed by atoms with Crippen LogP contribution < -0.4 is 9.80 Å². The van der Waals surface area contributed by atoms with Crippen molar-refractivity contribution in [3.63, 3.8) is 0 Å². The minimum Gasteiger partial charge on any atom is -0.284 e. The highest BCUT2D eigenvalue weighted by atomic mass is 35.5. The first-order valence-corrected chi connectivity index (χ1v) is 10.5. The topological polar surface area (TPSA) is 27.9 Å². The summed E-state index contributed by atoms with van der Waals surface area (Å²) in [5.74, 6) is 0. The second-order valence-corrected chi connectivity index (χ2v) is 8.57. The first-order chi connectivity index (χ1) is 15.6. The van der Waals surface area contributed by atoms with Crippen LogP contribution in [0.4, 0.5) is 35.0 Å². The van der Waals surface area contributed by atoms with E-state index in [-0.39, 0.29) is 22.6 Å². The highest BCUT2D eigenvalue weighted by molar-refractivity contribution is 6.31. The largest absolute Gasteiger partial charge is 0.414 e. The number of carbonyl (C=O) groups is 1. The molecule has 1 heterocycles. The molecular weight excluding hydrogens is 474 g/mol. The van der Waals surface area contributed by atoms with E-state index < -0.39 is 23.8 Å². The monoisotopic (exact) mass is 489 g/mol. The molecule has 1 aliphatic rings. The Morgan fingerprint density at radius 3 is 2.00 bits per heavy atom.